The van der Waals surface area contributed by atoms with Crippen LogP contribution in [0.15, 0.2) is 6.20 Å². The topological polar surface area (TPSA) is 59.1 Å². The van der Waals surface area contributed by atoms with E-state index < -0.39 is 10.8 Å². The quantitative estimate of drug-likeness (QED) is 0.907. The Labute approximate surface area is 108 Å². The molecule has 0 saturated carbocycles. The molecule has 1 aromatic rings. The number of carbonyl (C=O) groups is 1. The van der Waals surface area contributed by atoms with Gasteiger partial charge in [0.15, 0.2) is 0 Å². The maximum Gasteiger partial charge on any atom is 0.233 e. The van der Waals surface area contributed by atoms with Crippen molar-refractivity contribution in [2.24, 2.45) is 0 Å². The third-order valence-electron chi connectivity index (χ3n) is 1.78. The van der Waals surface area contributed by atoms with E-state index in [0.29, 0.717) is 5.75 Å². The van der Waals surface area contributed by atoms with Gasteiger partial charge in [0.05, 0.1) is 10.8 Å². The highest BCUT2D eigenvalue weighted by molar-refractivity contribution is 7.85. The Morgan fingerprint density at radius 1 is 1.53 bits per heavy atom. The molecule has 1 amide bonds. The molecule has 0 fully saturated rings. The predicted molar refractivity (Wildman–Crippen MR) is 71.5 cm³/mol. The molecule has 6 heteroatoms. The first-order valence-corrected chi connectivity index (χ1v) is 7.64. The van der Waals surface area contributed by atoms with Crippen molar-refractivity contribution in [3.05, 3.63) is 16.1 Å². The van der Waals surface area contributed by atoms with Gasteiger partial charge in [-0.25, -0.2) is 4.98 Å². The van der Waals surface area contributed by atoms with Gasteiger partial charge in [-0.3, -0.25) is 9.00 Å². The third kappa shape index (κ3) is 5.93. The molecule has 0 radical (unpaired) electrons. The molecule has 0 aliphatic carbocycles. The van der Waals surface area contributed by atoms with E-state index in [4.69, 9.17) is 0 Å². The second-order valence-electron chi connectivity index (χ2n) is 4.87. The lowest BCUT2D eigenvalue weighted by Crippen LogP contribution is -2.42. The molecule has 1 rings (SSSR count). The van der Waals surface area contributed by atoms with Crippen LogP contribution in [-0.4, -0.2) is 26.4 Å². The highest BCUT2D eigenvalue weighted by atomic mass is 32.2. The van der Waals surface area contributed by atoms with Gasteiger partial charge in [0, 0.05) is 27.4 Å². The highest BCUT2D eigenvalue weighted by Crippen LogP contribution is 2.13. The van der Waals surface area contributed by atoms with Crippen molar-refractivity contribution >= 4 is 28.0 Å². The molecule has 1 N–H and O–H groups in total. The van der Waals surface area contributed by atoms with Gasteiger partial charge < -0.3 is 5.32 Å². The summed E-state index contributed by atoms with van der Waals surface area (Å²) in [6, 6.07) is 0. The van der Waals surface area contributed by atoms with E-state index in [0.717, 1.165) is 9.88 Å². The predicted octanol–water partition coefficient (Wildman–Crippen LogP) is 1.61. The van der Waals surface area contributed by atoms with Gasteiger partial charge in [-0.05, 0) is 27.7 Å². The van der Waals surface area contributed by atoms with Gasteiger partial charge in [-0.1, -0.05) is 0 Å². The van der Waals surface area contributed by atoms with Gasteiger partial charge >= 0.3 is 0 Å². The highest BCUT2D eigenvalue weighted by Gasteiger charge is 2.16. The second-order valence-corrected chi connectivity index (χ2v) is 7.65. The molecule has 1 heterocycles. The molecular formula is C11H18N2O2S2. The lowest BCUT2D eigenvalue weighted by Gasteiger charge is -2.20. The zero-order valence-electron chi connectivity index (χ0n) is 10.6. The fourth-order valence-electron chi connectivity index (χ4n) is 1.28. The lowest BCUT2D eigenvalue weighted by atomic mass is 10.1. The Kier molecular flexibility index (Phi) is 4.82. The van der Waals surface area contributed by atoms with E-state index in [-0.39, 0.29) is 17.2 Å². The van der Waals surface area contributed by atoms with Crippen LogP contribution in [-0.2, 0) is 21.3 Å². The van der Waals surface area contributed by atoms with Gasteiger partial charge in [-0.2, -0.15) is 0 Å². The van der Waals surface area contributed by atoms with Crippen molar-refractivity contribution < 1.29 is 9.00 Å². The van der Waals surface area contributed by atoms with Crippen molar-refractivity contribution in [3.63, 3.8) is 0 Å². The van der Waals surface area contributed by atoms with Gasteiger partial charge in [0.2, 0.25) is 5.91 Å². The molecule has 4 nitrogen and oxygen atoms in total. The number of hydrogen-bond donors (Lipinski definition) is 1. The van der Waals surface area contributed by atoms with Crippen molar-refractivity contribution in [2.45, 2.75) is 39.0 Å². The van der Waals surface area contributed by atoms with Gasteiger partial charge in [-0.15, -0.1) is 11.3 Å². The summed E-state index contributed by atoms with van der Waals surface area (Å²) in [5, 5.41) is 3.75. The van der Waals surface area contributed by atoms with Crippen LogP contribution in [0.2, 0.25) is 0 Å². The number of nitrogens with zero attached hydrogens (tertiary/aromatic N) is 1. The van der Waals surface area contributed by atoms with Crippen LogP contribution in [0, 0.1) is 6.92 Å². The molecule has 0 saturated heterocycles. The van der Waals surface area contributed by atoms with Crippen molar-refractivity contribution in [1.82, 2.24) is 10.3 Å². The number of rotatable bonds is 4. The monoisotopic (exact) mass is 274 g/mol. The molecule has 0 unspecified atom stereocenters. The van der Waals surface area contributed by atoms with Crippen LogP contribution in [0.4, 0.5) is 0 Å². The summed E-state index contributed by atoms with van der Waals surface area (Å²) in [4.78, 5) is 16.6. The van der Waals surface area contributed by atoms with Crippen LogP contribution in [0.3, 0.4) is 0 Å². The van der Waals surface area contributed by atoms with E-state index in [1.165, 1.54) is 11.3 Å². The van der Waals surface area contributed by atoms with E-state index in [1.54, 1.807) is 6.20 Å². The molecule has 1 aromatic heterocycles. The minimum absolute atomic E-state index is 0.0498. The summed E-state index contributed by atoms with van der Waals surface area (Å²) in [5.41, 5.74) is -0.275. The zero-order chi connectivity index (χ0) is 13.1. The minimum atomic E-state index is -1.16. The fraction of sp³-hybridized carbons (Fsp3) is 0.636. The number of aromatic nitrogens is 1. The van der Waals surface area contributed by atoms with Crippen molar-refractivity contribution in [3.8, 4) is 0 Å². The van der Waals surface area contributed by atoms with Crippen molar-refractivity contribution in [2.75, 3.05) is 5.75 Å². The Balaban J connectivity index is 2.42. The normalized spacial score (nSPS) is 13.4. The van der Waals surface area contributed by atoms with E-state index in [9.17, 15) is 9.00 Å². The lowest BCUT2D eigenvalue weighted by molar-refractivity contribution is -0.119. The van der Waals surface area contributed by atoms with Crippen LogP contribution in [0.1, 0.15) is 30.7 Å². The van der Waals surface area contributed by atoms with Gasteiger partial charge in [0.25, 0.3) is 0 Å². The Morgan fingerprint density at radius 2 is 2.18 bits per heavy atom. The average Bonchev–Trinajstić information content (AvgIpc) is 2.46. The van der Waals surface area contributed by atoms with Crippen molar-refractivity contribution in [1.29, 1.82) is 0 Å². The third-order valence-corrected chi connectivity index (χ3v) is 4.09. The van der Waals surface area contributed by atoms with Crippen LogP contribution in [0.5, 0.6) is 0 Å². The molecule has 0 spiro atoms. The van der Waals surface area contributed by atoms with E-state index in [1.807, 2.05) is 27.7 Å². The summed E-state index contributed by atoms with van der Waals surface area (Å²) in [5.74, 6) is 0.286. The molecule has 0 aromatic carbocycles. The molecule has 0 aliphatic heterocycles. The Morgan fingerprint density at radius 3 is 2.65 bits per heavy atom. The number of nitrogens with one attached hydrogen (secondary N) is 1. The number of aryl methyl sites for hydroxylation is 1. The van der Waals surface area contributed by atoms with E-state index in [2.05, 4.69) is 10.3 Å². The molecule has 0 aliphatic rings. The average molecular weight is 274 g/mol. The first kappa shape index (κ1) is 14.3. The van der Waals surface area contributed by atoms with Crippen LogP contribution >= 0.6 is 11.3 Å². The summed E-state index contributed by atoms with van der Waals surface area (Å²) < 4.78 is 11.7. The number of hydrogen-bond acceptors (Lipinski definition) is 4. The second kappa shape index (κ2) is 5.73. The number of thiazole rings is 1. The summed E-state index contributed by atoms with van der Waals surface area (Å²) in [7, 11) is -1.16. The summed E-state index contributed by atoms with van der Waals surface area (Å²) in [6.45, 7) is 7.62. The Hall–Kier alpha value is -0.750. The smallest absolute Gasteiger partial charge is 0.233 e. The molecule has 1 atom stereocenters. The standard InChI is InChI=1S/C11H18N2O2S2/c1-8-12-5-9(16-8)6-17(15)7-10(14)13-11(2,3)4/h5H,6-7H2,1-4H3,(H,13,14)/t17-/m1/s1. The first-order chi connectivity index (χ1) is 7.76. The molecule has 17 heavy (non-hydrogen) atoms. The van der Waals surface area contributed by atoms with Crippen LogP contribution < -0.4 is 5.32 Å². The Bertz CT molecular complexity index is 421. The first-order valence-electron chi connectivity index (χ1n) is 5.33. The maximum atomic E-state index is 11.7. The van der Waals surface area contributed by atoms with Gasteiger partial charge in [0.1, 0.15) is 5.75 Å². The summed E-state index contributed by atoms with van der Waals surface area (Å²) >= 11 is 1.52. The van der Waals surface area contributed by atoms with E-state index >= 15 is 0 Å². The van der Waals surface area contributed by atoms with Crippen LogP contribution in [0.25, 0.3) is 0 Å². The minimum Gasteiger partial charge on any atom is -0.351 e. The number of carbonyl (C=O) groups excluding carboxylic acids is 1. The number of amides is 1. The summed E-state index contributed by atoms with van der Waals surface area (Å²) in [6.07, 6.45) is 1.72. The maximum absolute atomic E-state index is 11.7. The largest absolute Gasteiger partial charge is 0.351 e. The fourth-order valence-corrected chi connectivity index (χ4v) is 3.36. The molecule has 0 bridgehead atoms. The SMILES string of the molecule is Cc1ncc(C[S@@](=O)CC(=O)NC(C)(C)C)s1. The zero-order valence-corrected chi connectivity index (χ0v) is 12.2. The molecule has 96 valence electrons. The molecular weight excluding hydrogens is 256 g/mol.